The molecule has 1 aromatic heterocycles. The maximum atomic E-state index is 11.9. The summed E-state index contributed by atoms with van der Waals surface area (Å²) < 4.78 is 7.09. The van der Waals surface area contributed by atoms with Crippen molar-refractivity contribution < 1.29 is 9.53 Å². The van der Waals surface area contributed by atoms with Crippen molar-refractivity contribution >= 4 is 11.9 Å². The highest BCUT2D eigenvalue weighted by Gasteiger charge is 2.36. The highest BCUT2D eigenvalue weighted by atomic mass is 16.5. The molecule has 1 aliphatic heterocycles. The Morgan fingerprint density at radius 1 is 1.32 bits per heavy atom. The van der Waals surface area contributed by atoms with E-state index in [9.17, 15) is 4.79 Å². The zero-order valence-electron chi connectivity index (χ0n) is 16.8. The van der Waals surface area contributed by atoms with E-state index < -0.39 is 0 Å². The lowest BCUT2D eigenvalue weighted by atomic mass is 9.99. The number of benzene rings is 1. The number of methoxy groups -OCH3 is 1. The van der Waals surface area contributed by atoms with Crippen LogP contribution in [0.25, 0.3) is 0 Å². The number of esters is 1. The summed E-state index contributed by atoms with van der Waals surface area (Å²) in [4.78, 5) is 22.9. The largest absolute Gasteiger partial charge is 0.469 e. The summed E-state index contributed by atoms with van der Waals surface area (Å²) >= 11 is 0. The Kier molecular flexibility index (Phi) is 6.68. The fourth-order valence-corrected chi connectivity index (χ4v) is 3.69. The molecule has 2 heterocycles. The molecule has 150 valence electrons. The van der Waals surface area contributed by atoms with Gasteiger partial charge in [-0.15, -0.1) is 0 Å². The SMILES string of the molecule is CN=C(NCc1nccn1CCc1ccccc1)N1CC(C)C(C(=O)OC)C1. The van der Waals surface area contributed by atoms with Crippen LogP contribution in [0.3, 0.4) is 0 Å². The van der Waals surface area contributed by atoms with Crippen LogP contribution in [-0.2, 0) is 29.0 Å². The lowest BCUT2D eigenvalue weighted by Crippen LogP contribution is -2.40. The van der Waals surface area contributed by atoms with Crippen LogP contribution in [0.15, 0.2) is 47.7 Å². The number of carbonyl (C=O) groups is 1. The van der Waals surface area contributed by atoms with E-state index >= 15 is 0 Å². The van der Waals surface area contributed by atoms with Gasteiger partial charge in [0.1, 0.15) is 5.82 Å². The number of ether oxygens (including phenoxy) is 1. The van der Waals surface area contributed by atoms with Crippen molar-refractivity contribution in [1.82, 2.24) is 19.8 Å². The molecule has 1 saturated heterocycles. The molecule has 7 heteroatoms. The number of imidazole rings is 1. The molecule has 2 unspecified atom stereocenters. The number of likely N-dealkylation sites (tertiary alicyclic amines) is 1. The molecule has 0 amide bonds. The minimum absolute atomic E-state index is 0.114. The quantitative estimate of drug-likeness (QED) is 0.469. The molecule has 0 saturated carbocycles. The first-order chi connectivity index (χ1) is 13.6. The van der Waals surface area contributed by atoms with Gasteiger partial charge in [-0.3, -0.25) is 9.79 Å². The van der Waals surface area contributed by atoms with Gasteiger partial charge in [-0.1, -0.05) is 37.3 Å². The second-order valence-electron chi connectivity index (χ2n) is 7.19. The standard InChI is InChI=1S/C21H29N5O2/c1-16-14-26(15-18(16)20(27)28-3)21(22-2)24-13-19-23-10-12-25(19)11-9-17-7-5-4-6-8-17/h4-8,10,12,16,18H,9,11,13-15H2,1-3H3,(H,22,24). The molecule has 1 aliphatic rings. The summed E-state index contributed by atoms with van der Waals surface area (Å²) in [7, 11) is 3.21. The van der Waals surface area contributed by atoms with E-state index in [-0.39, 0.29) is 17.8 Å². The van der Waals surface area contributed by atoms with Gasteiger partial charge in [0.15, 0.2) is 5.96 Å². The second-order valence-corrected chi connectivity index (χ2v) is 7.19. The van der Waals surface area contributed by atoms with Gasteiger partial charge in [0.25, 0.3) is 0 Å². The zero-order valence-corrected chi connectivity index (χ0v) is 16.8. The molecule has 28 heavy (non-hydrogen) atoms. The Morgan fingerprint density at radius 2 is 2.11 bits per heavy atom. The fraction of sp³-hybridized carbons (Fsp3) is 0.476. The predicted octanol–water partition coefficient (Wildman–Crippen LogP) is 1.94. The van der Waals surface area contributed by atoms with E-state index in [1.165, 1.54) is 12.7 Å². The van der Waals surface area contributed by atoms with Gasteiger partial charge in [0.2, 0.25) is 0 Å². The van der Waals surface area contributed by atoms with Crippen molar-refractivity contribution in [3.05, 3.63) is 54.1 Å². The summed E-state index contributed by atoms with van der Waals surface area (Å²) in [6, 6.07) is 10.4. The van der Waals surface area contributed by atoms with Crippen LogP contribution in [-0.4, -0.2) is 53.6 Å². The molecule has 1 aromatic carbocycles. The number of carbonyl (C=O) groups excluding carboxylic acids is 1. The third kappa shape index (κ3) is 4.71. The van der Waals surface area contributed by atoms with Crippen LogP contribution >= 0.6 is 0 Å². The first kappa shape index (κ1) is 19.9. The minimum atomic E-state index is -0.151. The minimum Gasteiger partial charge on any atom is -0.469 e. The Labute approximate surface area is 166 Å². The molecule has 0 spiro atoms. The molecule has 1 fully saturated rings. The average Bonchev–Trinajstić information content (AvgIpc) is 3.33. The van der Waals surface area contributed by atoms with Crippen LogP contribution in [0.2, 0.25) is 0 Å². The molecule has 2 aromatic rings. The monoisotopic (exact) mass is 383 g/mol. The number of aromatic nitrogens is 2. The number of rotatable bonds is 6. The molecule has 2 atom stereocenters. The van der Waals surface area contributed by atoms with Crippen molar-refractivity contribution in [1.29, 1.82) is 0 Å². The van der Waals surface area contributed by atoms with Crippen molar-refractivity contribution in [2.45, 2.75) is 26.4 Å². The molecule has 0 bridgehead atoms. The Morgan fingerprint density at radius 3 is 2.82 bits per heavy atom. The van der Waals surface area contributed by atoms with E-state index in [1.807, 2.05) is 18.5 Å². The van der Waals surface area contributed by atoms with Crippen LogP contribution in [0, 0.1) is 11.8 Å². The number of guanidine groups is 1. The predicted molar refractivity (Wildman–Crippen MR) is 109 cm³/mol. The smallest absolute Gasteiger partial charge is 0.310 e. The number of nitrogens with one attached hydrogen (secondary N) is 1. The third-order valence-corrected chi connectivity index (χ3v) is 5.32. The first-order valence-electron chi connectivity index (χ1n) is 9.69. The molecular weight excluding hydrogens is 354 g/mol. The van der Waals surface area contributed by atoms with Gasteiger partial charge < -0.3 is 19.5 Å². The van der Waals surface area contributed by atoms with Gasteiger partial charge >= 0.3 is 5.97 Å². The van der Waals surface area contributed by atoms with E-state index in [0.29, 0.717) is 13.1 Å². The number of hydrogen-bond donors (Lipinski definition) is 1. The van der Waals surface area contributed by atoms with E-state index in [0.717, 1.165) is 31.3 Å². The first-order valence-corrected chi connectivity index (χ1v) is 9.69. The van der Waals surface area contributed by atoms with Crippen molar-refractivity contribution in [3.63, 3.8) is 0 Å². The highest BCUT2D eigenvalue weighted by Crippen LogP contribution is 2.24. The number of nitrogens with zero attached hydrogens (tertiary/aromatic N) is 4. The number of aliphatic imine (C=N–C) groups is 1. The molecular formula is C21H29N5O2. The van der Waals surface area contributed by atoms with Crippen LogP contribution in [0.4, 0.5) is 0 Å². The van der Waals surface area contributed by atoms with Crippen molar-refractivity contribution in [2.75, 3.05) is 27.2 Å². The molecule has 0 aliphatic carbocycles. The van der Waals surface area contributed by atoms with E-state index in [4.69, 9.17) is 4.74 Å². The van der Waals surface area contributed by atoms with Crippen molar-refractivity contribution in [2.24, 2.45) is 16.8 Å². The lowest BCUT2D eigenvalue weighted by Gasteiger charge is -2.21. The maximum absolute atomic E-state index is 11.9. The summed E-state index contributed by atoms with van der Waals surface area (Å²) in [6.07, 6.45) is 4.80. The average molecular weight is 383 g/mol. The normalized spacial score (nSPS) is 19.7. The number of aryl methyl sites for hydroxylation is 2. The second kappa shape index (κ2) is 9.39. The third-order valence-electron chi connectivity index (χ3n) is 5.32. The summed E-state index contributed by atoms with van der Waals surface area (Å²) in [6.45, 7) is 4.94. The van der Waals surface area contributed by atoms with Gasteiger partial charge in [-0.2, -0.15) is 0 Å². The Bertz CT molecular complexity index is 802. The van der Waals surface area contributed by atoms with Crippen LogP contribution < -0.4 is 5.32 Å². The van der Waals surface area contributed by atoms with E-state index in [1.54, 1.807) is 7.05 Å². The number of hydrogen-bond acceptors (Lipinski definition) is 4. The van der Waals surface area contributed by atoms with Gasteiger partial charge in [-0.05, 0) is 17.9 Å². The van der Waals surface area contributed by atoms with Crippen molar-refractivity contribution in [3.8, 4) is 0 Å². The van der Waals surface area contributed by atoms with Crippen LogP contribution in [0.1, 0.15) is 18.3 Å². The zero-order chi connectivity index (χ0) is 19.9. The summed E-state index contributed by atoms with van der Waals surface area (Å²) in [5.41, 5.74) is 1.31. The molecule has 1 N–H and O–H groups in total. The Balaban J connectivity index is 1.56. The molecule has 3 rings (SSSR count). The Hall–Kier alpha value is -2.83. The lowest BCUT2D eigenvalue weighted by molar-refractivity contribution is -0.145. The van der Waals surface area contributed by atoms with Gasteiger partial charge in [0, 0.05) is 39.1 Å². The summed E-state index contributed by atoms with van der Waals surface area (Å²) in [5.74, 6) is 1.72. The van der Waals surface area contributed by atoms with Gasteiger partial charge in [0.05, 0.1) is 19.6 Å². The summed E-state index contributed by atoms with van der Waals surface area (Å²) in [5, 5.41) is 3.39. The van der Waals surface area contributed by atoms with Gasteiger partial charge in [-0.25, -0.2) is 4.98 Å². The van der Waals surface area contributed by atoms with E-state index in [2.05, 4.69) is 55.9 Å². The van der Waals surface area contributed by atoms with Crippen LogP contribution in [0.5, 0.6) is 0 Å². The molecule has 0 radical (unpaired) electrons. The maximum Gasteiger partial charge on any atom is 0.310 e. The highest BCUT2D eigenvalue weighted by molar-refractivity contribution is 5.82. The molecule has 7 nitrogen and oxygen atoms in total. The fourth-order valence-electron chi connectivity index (χ4n) is 3.69. The topological polar surface area (TPSA) is 71.8 Å².